The van der Waals surface area contributed by atoms with Gasteiger partial charge in [-0.3, -0.25) is 0 Å². The minimum atomic E-state index is -0.411. The Balaban J connectivity index is 2.51. The molecule has 0 radical (unpaired) electrons. The van der Waals surface area contributed by atoms with Crippen LogP contribution in [0.1, 0.15) is 6.92 Å². The molecule has 7 heteroatoms. The fraction of sp³-hybridized carbons (Fsp3) is 0.375. The van der Waals surface area contributed by atoms with E-state index < -0.39 is 6.10 Å². The third-order valence-corrected chi connectivity index (χ3v) is 3.06. The zero-order chi connectivity index (χ0) is 10.8. The quantitative estimate of drug-likeness (QED) is 0.697. The van der Waals surface area contributed by atoms with Gasteiger partial charge in [-0.15, -0.1) is 0 Å². The molecule has 0 aliphatic heterocycles. The number of anilines is 1. The van der Waals surface area contributed by atoms with Crippen molar-refractivity contribution in [2.75, 3.05) is 3.13 Å². The van der Waals surface area contributed by atoms with Crippen LogP contribution >= 0.6 is 0 Å². The Bertz CT molecular complexity index is 469. The molecule has 2 aromatic rings. The van der Waals surface area contributed by atoms with Crippen molar-refractivity contribution in [2.45, 2.75) is 19.6 Å². The standard InChI is InChI=1S/C8H10N5O.Tl/c1-5(14)2-13-4-12-6-7(9)10-3-11-8(6)13;/h3-5,14H,2H2,1H3,(H-,9,10,11);/q-1;+1/t5-;/m1./s1. The average Bonchev–Trinajstić information content (AvgIpc) is 2.61. The molecule has 1 atom stereocenters. The fourth-order valence-electron chi connectivity index (χ4n) is 1.40. The van der Waals surface area contributed by atoms with Gasteiger partial charge in [-0.2, -0.15) is 0 Å². The van der Waals surface area contributed by atoms with Crippen molar-refractivity contribution in [1.29, 1.82) is 0 Å². The molecule has 0 spiro atoms. The van der Waals surface area contributed by atoms with E-state index in [2.05, 4.69) is 18.1 Å². The SMILES string of the molecule is C[C@@H](O)Cn1cnc2c([NH][Tl])ncnc21. The van der Waals surface area contributed by atoms with E-state index in [0.717, 1.165) is 17.0 Å². The first-order valence-corrected chi connectivity index (χ1v) is 6.77. The van der Waals surface area contributed by atoms with E-state index in [0.29, 0.717) is 32.6 Å². The van der Waals surface area contributed by atoms with Gasteiger partial charge < -0.3 is 0 Å². The van der Waals surface area contributed by atoms with E-state index >= 15 is 0 Å². The fourth-order valence-corrected chi connectivity index (χ4v) is 2.23. The van der Waals surface area contributed by atoms with Crippen molar-refractivity contribution < 1.29 is 5.11 Å². The van der Waals surface area contributed by atoms with Crippen molar-refractivity contribution in [3.8, 4) is 0 Å². The molecule has 0 fully saturated rings. The predicted octanol–water partition coefficient (Wildman–Crippen LogP) is -0.298. The van der Waals surface area contributed by atoms with Crippen LogP contribution in [-0.4, -0.2) is 56.8 Å². The number of hydrogen-bond acceptors (Lipinski definition) is 5. The molecule has 6 nitrogen and oxygen atoms in total. The molecule has 0 aliphatic rings. The number of aliphatic hydroxyl groups excluding tert-OH is 1. The molecule has 2 heterocycles. The molecule has 0 aliphatic carbocycles. The summed E-state index contributed by atoms with van der Waals surface area (Å²) in [6, 6.07) is 0. The molecule has 15 heavy (non-hydrogen) atoms. The zero-order valence-corrected chi connectivity index (χ0v) is 12.7. The second-order valence-electron chi connectivity index (χ2n) is 3.28. The molecule has 0 unspecified atom stereocenters. The molecule has 2 N–H and O–H groups in total. The predicted molar refractivity (Wildman–Crippen MR) is 56.4 cm³/mol. The van der Waals surface area contributed by atoms with Gasteiger partial charge in [0.15, 0.2) is 0 Å². The Hall–Kier alpha value is -0.768. The maximum atomic E-state index is 9.31. The molecular weight excluding hydrogens is 387 g/mol. The van der Waals surface area contributed by atoms with E-state index in [1.54, 1.807) is 13.3 Å². The summed E-state index contributed by atoms with van der Waals surface area (Å²) in [4.78, 5) is 12.5. The Kier molecular flexibility index (Phi) is 3.14. The van der Waals surface area contributed by atoms with Gasteiger partial charge in [-0.1, -0.05) is 0 Å². The second kappa shape index (κ2) is 4.39. The monoisotopic (exact) mass is 397 g/mol. The van der Waals surface area contributed by atoms with Gasteiger partial charge in [-0.25, -0.2) is 0 Å². The van der Waals surface area contributed by atoms with Gasteiger partial charge in [0.1, 0.15) is 0 Å². The van der Waals surface area contributed by atoms with Crippen LogP contribution < -0.4 is 3.13 Å². The summed E-state index contributed by atoms with van der Waals surface area (Å²) in [6.45, 7) is 2.23. The Morgan fingerprint density at radius 1 is 1.53 bits per heavy atom. The molecule has 0 aromatic carbocycles. The third-order valence-electron chi connectivity index (χ3n) is 2.00. The number of nitrogens with one attached hydrogen (secondary N) is 1. The van der Waals surface area contributed by atoms with E-state index in [1.165, 1.54) is 6.33 Å². The zero-order valence-electron chi connectivity index (χ0n) is 8.25. The molecule has 2 aromatic heterocycles. The van der Waals surface area contributed by atoms with Crippen molar-refractivity contribution in [3.05, 3.63) is 12.7 Å². The first-order chi connectivity index (χ1) is 7.22. The summed E-state index contributed by atoms with van der Waals surface area (Å²) >= 11 is 0.620. The van der Waals surface area contributed by atoms with E-state index in [9.17, 15) is 5.11 Å². The molecule has 0 saturated heterocycles. The summed E-state index contributed by atoms with van der Waals surface area (Å²) in [7, 11) is 0. The Morgan fingerprint density at radius 3 is 3.00 bits per heavy atom. The summed E-state index contributed by atoms with van der Waals surface area (Å²) in [5.74, 6) is 0.773. The first-order valence-electron chi connectivity index (χ1n) is 4.53. The van der Waals surface area contributed by atoms with Crippen molar-refractivity contribution in [3.63, 3.8) is 0 Å². The summed E-state index contributed by atoms with van der Waals surface area (Å²) in [5, 5.41) is 9.31. The molecule has 0 amide bonds. The van der Waals surface area contributed by atoms with Crippen LogP contribution in [0.15, 0.2) is 12.7 Å². The van der Waals surface area contributed by atoms with Gasteiger partial charge in [-0.05, 0) is 0 Å². The summed E-state index contributed by atoms with van der Waals surface area (Å²) in [5.41, 5.74) is 1.52. The molecule has 0 bridgehead atoms. The van der Waals surface area contributed by atoms with Crippen molar-refractivity contribution in [2.24, 2.45) is 0 Å². The van der Waals surface area contributed by atoms with E-state index in [1.807, 2.05) is 4.57 Å². The van der Waals surface area contributed by atoms with E-state index in [4.69, 9.17) is 0 Å². The number of hydrogen-bond donors (Lipinski definition) is 2. The number of imidazole rings is 1. The number of rotatable bonds is 3. The van der Waals surface area contributed by atoms with Crippen LogP contribution in [0.2, 0.25) is 0 Å². The van der Waals surface area contributed by atoms with Gasteiger partial charge in [0.2, 0.25) is 0 Å². The Morgan fingerprint density at radius 2 is 2.33 bits per heavy atom. The van der Waals surface area contributed by atoms with Gasteiger partial charge in [0.05, 0.1) is 0 Å². The Labute approximate surface area is 103 Å². The normalized spacial score (nSPS) is 12.9. The van der Waals surface area contributed by atoms with Crippen molar-refractivity contribution in [1.82, 2.24) is 19.5 Å². The van der Waals surface area contributed by atoms with Crippen LogP contribution in [0.5, 0.6) is 0 Å². The van der Waals surface area contributed by atoms with Crippen LogP contribution in [0.4, 0.5) is 5.82 Å². The number of nitrogens with zero attached hydrogens (tertiary/aromatic N) is 4. The first kappa shape index (κ1) is 10.7. The molecular formula is C8H10N5OTl. The maximum absolute atomic E-state index is 9.31. The molecule has 0 saturated carbocycles. The molecule has 2 rings (SSSR count). The van der Waals surface area contributed by atoms with Crippen LogP contribution in [0, 0.1) is 0 Å². The minimum absolute atomic E-state index is 0.411. The summed E-state index contributed by atoms with van der Waals surface area (Å²) in [6.07, 6.45) is 2.77. The van der Waals surface area contributed by atoms with Crippen LogP contribution in [0.3, 0.4) is 0 Å². The number of aromatic nitrogens is 4. The van der Waals surface area contributed by atoms with E-state index in [-0.39, 0.29) is 0 Å². The number of fused-ring (bicyclic) bond motifs is 1. The third kappa shape index (κ3) is 2.09. The summed E-state index contributed by atoms with van der Waals surface area (Å²) < 4.78 is 4.94. The van der Waals surface area contributed by atoms with Crippen LogP contribution in [-0.2, 0) is 6.54 Å². The van der Waals surface area contributed by atoms with Crippen LogP contribution in [0.25, 0.3) is 11.2 Å². The average molecular weight is 397 g/mol. The van der Waals surface area contributed by atoms with Gasteiger partial charge >= 0.3 is 103 Å². The van der Waals surface area contributed by atoms with Crippen molar-refractivity contribution >= 4 is 43.0 Å². The van der Waals surface area contributed by atoms with Gasteiger partial charge in [0, 0.05) is 0 Å². The molecule has 76 valence electrons. The topological polar surface area (TPSA) is 75.9 Å². The van der Waals surface area contributed by atoms with Gasteiger partial charge in [0.25, 0.3) is 0 Å². The second-order valence-corrected chi connectivity index (χ2v) is 4.41. The number of aliphatic hydroxyl groups is 1.